The maximum Gasteiger partial charge on any atom is 0.258 e. The summed E-state index contributed by atoms with van der Waals surface area (Å²) in [6.07, 6.45) is 4.31. The van der Waals surface area contributed by atoms with E-state index < -0.39 is 11.8 Å². The van der Waals surface area contributed by atoms with Crippen LogP contribution in [0.3, 0.4) is 0 Å². The van der Waals surface area contributed by atoms with Crippen molar-refractivity contribution in [2.24, 2.45) is 0 Å². The van der Waals surface area contributed by atoms with E-state index in [1.807, 2.05) is 17.9 Å². The molecule has 1 spiro atoms. The van der Waals surface area contributed by atoms with E-state index in [9.17, 15) is 14.4 Å². The van der Waals surface area contributed by atoms with Crippen LogP contribution in [0.4, 0.5) is 0 Å². The van der Waals surface area contributed by atoms with Gasteiger partial charge in [-0.15, -0.1) is 0 Å². The van der Waals surface area contributed by atoms with Crippen LogP contribution in [0.15, 0.2) is 30.3 Å². The van der Waals surface area contributed by atoms with Crippen LogP contribution in [0.5, 0.6) is 11.5 Å². The van der Waals surface area contributed by atoms with Crippen LogP contribution in [0.1, 0.15) is 80.8 Å². The fourth-order valence-electron chi connectivity index (χ4n) is 5.82. The standard InChI is InChI=1S/C25H24N2O5/c1-14-17-11-20-21(32-9-8-31-20)12-19(17)25(6-2-3-7-25)13-27(14)24(30)15-4-5-16-18(10-15)23(29)26-22(16)28/h4-5,10-12,14H,2-3,6-9,13H2,1H3,(H,26,28,29). The lowest BCUT2D eigenvalue weighted by molar-refractivity contribution is 0.0593. The molecule has 1 unspecified atom stereocenters. The summed E-state index contributed by atoms with van der Waals surface area (Å²) >= 11 is 0. The lowest BCUT2D eigenvalue weighted by atomic mass is 9.71. The Kier molecular flexibility index (Phi) is 4.12. The average Bonchev–Trinajstić information content (AvgIpc) is 3.39. The van der Waals surface area contributed by atoms with Gasteiger partial charge in [-0.1, -0.05) is 12.8 Å². The minimum Gasteiger partial charge on any atom is -0.486 e. The molecule has 2 aromatic carbocycles. The van der Waals surface area contributed by atoms with Crippen molar-refractivity contribution < 1.29 is 23.9 Å². The molecule has 3 amide bonds. The fourth-order valence-corrected chi connectivity index (χ4v) is 5.82. The Morgan fingerprint density at radius 2 is 1.69 bits per heavy atom. The summed E-state index contributed by atoms with van der Waals surface area (Å²) in [5.74, 6) is 0.535. The molecule has 164 valence electrons. The first kappa shape index (κ1) is 19.3. The van der Waals surface area contributed by atoms with Gasteiger partial charge in [0, 0.05) is 17.5 Å². The number of fused-ring (bicyclic) bond motifs is 4. The van der Waals surface area contributed by atoms with Crippen molar-refractivity contribution >= 4 is 17.7 Å². The summed E-state index contributed by atoms with van der Waals surface area (Å²) in [6, 6.07) is 8.79. The van der Waals surface area contributed by atoms with Crippen LogP contribution in [0, 0.1) is 0 Å². The summed E-state index contributed by atoms with van der Waals surface area (Å²) in [4.78, 5) is 39.6. The summed E-state index contributed by atoms with van der Waals surface area (Å²) in [7, 11) is 0. The SMILES string of the molecule is CC1c2cc3c(cc2C2(CCCC2)CN1C(=O)c1ccc2c(c1)C(=O)NC2=O)OCCO3. The van der Waals surface area contributed by atoms with E-state index in [1.165, 1.54) is 5.56 Å². The Labute approximate surface area is 185 Å². The number of carbonyl (C=O) groups excluding carboxylic acids is 3. The molecular weight excluding hydrogens is 408 g/mol. The van der Waals surface area contributed by atoms with Gasteiger partial charge in [-0.3, -0.25) is 19.7 Å². The number of hydrogen-bond acceptors (Lipinski definition) is 5. The third-order valence-electron chi connectivity index (χ3n) is 7.48. The Balaban J connectivity index is 1.42. The minimum absolute atomic E-state index is 0.0998. The highest BCUT2D eigenvalue weighted by molar-refractivity contribution is 6.22. The highest BCUT2D eigenvalue weighted by Crippen LogP contribution is 2.52. The van der Waals surface area contributed by atoms with Crippen molar-refractivity contribution in [3.05, 3.63) is 58.1 Å². The summed E-state index contributed by atoms with van der Waals surface area (Å²) in [5.41, 5.74) is 3.28. The van der Waals surface area contributed by atoms with Crippen molar-refractivity contribution in [2.75, 3.05) is 19.8 Å². The molecule has 7 heteroatoms. The third-order valence-corrected chi connectivity index (χ3v) is 7.48. The van der Waals surface area contributed by atoms with Gasteiger partial charge in [0.15, 0.2) is 11.5 Å². The van der Waals surface area contributed by atoms with E-state index in [2.05, 4.69) is 11.4 Å². The highest BCUT2D eigenvalue weighted by atomic mass is 16.6. The molecule has 0 aromatic heterocycles. The van der Waals surface area contributed by atoms with Crippen LogP contribution in [-0.2, 0) is 5.41 Å². The Bertz CT molecular complexity index is 1180. The van der Waals surface area contributed by atoms with E-state index in [1.54, 1.807) is 18.2 Å². The van der Waals surface area contributed by atoms with Crippen molar-refractivity contribution in [3.63, 3.8) is 0 Å². The molecule has 0 bridgehead atoms. The lowest BCUT2D eigenvalue weighted by Gasteiger charge is -2.46. The zero-order valence-electron chi connectivity index (χ0n) is 17.9. The topological polar surface area (TPSA) is 84.9 Å². The molecule has 1 saturated carbocycles. The van der Waals surface area contributed by atoms with E-state index in [0.717, 1.165) is 42.7 Å². The highest BCUT2D eigenvalue weighted by Gasteiger charge is 2.46. The van der Waals surface area contributed by atoms with Crippen LogP contribution in [0.2, 0.25) is 0 Å². The van der Waals surface area contributed by atoms with Gasteiger partial charge in [0.05, 0.1) is 17.2 Å². The van der Waals surface area contributed by atoms with E-state index in [4.69, 9.17) is 9.47 Å². The van der Waals surface area contributed by atoms with Gasteiger partial charge >= 0.3 is 0 Å². The van der Waals surface area contributed by atoms with Crippen LogP contribution in [-0.4, -0.2) is 42.4 Å². The lowest BCUT2D eigenvalue weighted by Crippen LogP contribution is -2.48. The van der Waals surface area contributed by atoms with Gasteiger partial charge in [-0.25, -0.2) is 0 Å². The summed E-state index contributed by atoms with van der Waals surface area (Å²) in [6.45, 7) is 3.73. The Hall–Kier alpha value is -3.35. The predicted molar refractivity (Wildman–Crippen MR) is 115 cm³/mol. The second-order valence-electron chi connectivity index (χ2n) is 9.22. The van der Waals surface area contributed by atoms with Crippen molar-refractivity contribution in [3.8, 4) is 11.5 Å². The molecule has 1 N–H and O–H groups in total. The number of amides is 3. The van der Waals surface area contributed by atoms with E-state index >= 15 is 0 Å². The first-order chi connectivity index (χ1) is 15.5. The second kappa shape index (κ2) is 6.82. The molecule has 3 aliphatic heterocycles. The average molecular weight is 432 g/mol. The largest absolute Gasteiger partial charge is 0.486 e. The van der Waals surface area contributed by atoms with Crippen LogP contribution in [0.25, 0.3) is 0 Å². The number of ether oxygens (including phenoxy) is 2. The second-order valence-corrected chi connectivity index (χ2v) is 9.22. The third kappa shape index (κ3) is 2.70. The van der Waals surface area contributed by atoms with Gasteiger partial charge in [0.1, 0.15) is 13.2 Å². The molecule has 3 heterocycles. The van der Waals surface area contributed by atoms with Crippen molar-refractivity contribution in [2.45, 2.75) is 44.1 Å². The Morgan fingerprint density at radius 3 is 2.44 bits per heavy atom. The van der Waals surface area contributed by atoms with Gasteiger partial charge in [0.25, 0.3) is 17.7 Å². The maximum absolute atomic E-state index is 13.7. The first-order valence-corrected chi connectivity index (χ1v) is 11.2. The Morgan fingerprint density at radius 1 is 1.00 bits per heavy atom. The first-order valence-electron chi connectivity index (χ1n) is 11.2. The zero-order valence-corrected chi connectivity index (χ0v) is 17.9. The zero-order chi connectivity index (χ0) is 22.0. The van der Waals surface area contributed by atoms with Crippen molar-refractivity contribution in [1.82, 2.24) is 10.2 Å². The minimum atomic E-state index is -0.451. The summed E-state index contributed by atoms with van der Waals surface area (Å²) in [5, 5.41) is 2.29. The number of carbonyl (C=O) groups is 3. The number of nitrogens with zero attached hydrogens (tertiary/aromatic N) is 1. The maximum atomic E-state index is 13.7. The van der Waals surface area contributed by atoms with Gasteiger partial charge in [-0.2, -0.15) is 0 Å². The molecule has 0 radical (unpaired) electrons. The predicted octanol–water partition coefficient (Wildman–Crippen LogP) is 3.37. The molecule has 1 fully saturated rings. The molecule has 2 aromatic rings. The molecule has 32 heavy (non-hydrogen) atoms. The summed E-state index contributed by atoms with van der Waals surface area (Å²) < 4.78 is 11.7. The molecular formula is C25H24N2O5. The number of rotatable bonds is 1. The van der Waals surface area contributed by atoms with Gasteiger partial charge in [-0.05, 0) is 61.2 Å². The number of imide groups is 1. The number of hydrogen-bond donors (Lipinski definition) is 1. The monoisotopic (exact) mass is 432 g/mol. The number of benzene rings is 2. The number of nitrogens with one attached hydrogen (secondary N) is 1. The molecule has 4 aliphatic rings. The van der Waals surface area contributed by atoms with Crippen molar-refractivity contribution in [1.29, 1.82) is 0 Å². The van der Waals surface area contributed by atoms with E-state index in [-0.39, 0.29) is 22.9 Å². The van der Waals surface area contributed by atoms with E-state index in [0.29, 0.717) is 30.9 Å². The van der Waals surface area contributed by atoms with Crippen LogP contribution >= 0.6 is 0 Å². The molecule has 1 aliphatic carbocycles. The molecule has 6 rings (SSSR count). The van der Waals surface area contributed by atoms with Crippen LogP contribution < -0.4 is 14.8 Å². The van der Waals surface area contributed by atoms with Gasteiger partial charge in [0.2, 0.25) is 0 Å². The smallest absolute Gasteiger partial charge is 0.258 e. The normalized spacial score (nSPS) is 22.5. The van der Waals surface area contributed by atoms with Gasteiger partial charge < -0.3 is 14.4 Å². The molecule has 7 nitrogen and oxygen atoms in total. The fraction of sp³-hybridized carbons (Fsp3) is 0.400. The molecule has 1 atom stereocenters. The molecule has 0 saturated heterocycles. The quantitative estimate of drug-likeness (QED) is 0.699.